The van der Waals surface area contributed by atoms with E-state index < -0.39 is 0 Å². The number of thiazole rings is 1. The maximum Gasteiger partial charge on any atom is 0.277 e. The fourth-order valence-corrected chi connectivity index (χ4v) is 2.82. The van der Waals surface area contributed by atoms with Crippen LogP contribution < -0.4 is 5.32 Å². The Balaban J connectivity index is 1.48. The molecule has 0 unspecified atom stereocenters. The van der Waals surface area contributed by atoms with Crippen molar-refractivity contribution in [3.8, 4) is 22.1 Å². The summed E-state index contributed by atoms with van der Waals surface area (Å²) in [5.74, 6) is 0.581. The molecule has 3 aromatic heterocycles. The van der Waals surface area contributed by atoms with Crippen LogP contribution in [0.2, 0.25) is 0 Å². The summed E-state index contributed by atoms with van der Waals surface area (Å²) in [6.07, 6.45) is 3.29. The van der Waals surface area contributed by atoms with Gasteiger partial charge in [0.1, 0.15) is 5.01 Å². The molecule has 24 heavy (non-hydrogen) atoms. The average Bonchev–Trinajstić information content (AvgIpc) is 3.35. The van der Waals surface area contributed by atoms with E-state index in [2.05, 4.69) is 15.5 Å². The molecule has 0 bridgehead atoms. The molecule has 1 N–H and O–H groups in total. The minimum absolute atomic E-state index is 0.186. The minimum Gasteiger partial charge on any atom is -0.461 e. The summed E-state index contributed by atoms with van der Waals surface area (Å²) in [5.41, 5.74) is 1.86. The molecule has 0 saturated carbocycles. The number of rotatable bonds is 4. The van der Waals surface area contributed by atoms with Gasteiger partial charge in [0, 0.05) is 28.9 Å². The molecule has 0 fully saturated rings. The van der Waals surface area contributed by atoms with Crippen LogP contribution in [0.1, 0.15) is 10.5 Å². The Morgan fingerprint density at radius 2 is 2.00 bits per heavy atom. The van der Waals surface area contributed by atoms with E-state index in [0.29, 0.717) is 17.2 Å². The van der Waals surface area contributed by atoms with Gasteiger partial charge in [0.25, 0.3) is 5.91 Å². The number of carbonyl (C=O) groups excluding carboxylic acids is 1. The van der Waals surface area contributed by atoms with Crippen LogP contribution in [-0.4, -0.2) is 16.0 Å². The van der Waals surface area contributed by atoms with Crippen LogP contribution in [0.5, 0.6) is 0 Å². The summed E-state index contributed by atoms with van der Waals surface area (Å²) in [4.78, 5) is 16.5. The van der Waals surface area contributed by atoms with Gasteiger partial charge in [-0.2, -0.15) is 0 Å². The molecule has 0 atom stereocenters. The molecule has 0 aliphatic carbocycles. The molecule has 0 saturated heterocycles. The molecular weight excluding hydrogens is 326 g/mol. The Bertz CT molecular complexity index is 942. The van der Waals surface area contributed by atoms with Gasteiger partial charge < -0.3 is 14.3 Å². The van der Waals surface area contributed by atoms with E-state index in [4.69, 9.17) is 8.94 Å². The smallest absolute Gasteiger partial charge is 0.277 e. The Morgan fingerprint density at radius 3 is 2.71 bits per heavy atom. The molecule has 6 nitrogen and oxygen atoms in total. The zero-order chi connectivity index (χ0) is 16.4. The normalized spacial score (nSPS) is 10.7. The second kappa shape index (κ2) is 6.13. The zero-order valence-electron chi connectivity index (χ0n) is 12.3. The second-order valence-corrected chi connectivity index (χ2v) is 5.82. The SMILES string of the molecule is O=C(Nc1ccc(-c2nccs2)cc1)c1cc(-c2ccco2)on1. The lowest BCUT2D eigenvalue weighted by Gasteiger charge is -2.03. The van der Waals surface area contributed by atoms with Crippen molar-refractivity contribution < 1.29 is 13.7 Å². The molecule has 4 rings (SSSR count). The van der Waals surface area contributed by atoms with E-state index >= 15 is 0 Å². The topological polar surface area (TPSA) is 81.2 Å². The number of hydrogen-bond donors (Lipinski definition) is 1. The molecule has 3 heterocycles. The predicted octanol–water partition coefficient (Wildman–Crippen LogP) is 4.31. The molecular formula is C17H11N3O3S. The summed E-state index contributed by atoms with van der Waals surface area (Å²) in [7, 11) is 0. The number of nitrogens with one attached hydrogen (secondary N) is 1. The van der Waals surface area contributed by atoms with Crippen LogP contribution in [0.4, 0.5) is 5.69 Å². The lowest BCUT2D eigenvalue weighted by atomic mass is 10.2. The van der Waals surface area contributed by atoms with E-state index in [0.717, 1.165) is 10.6 Å². The molecule has 7 heteroatoms. The van der Waals surface area contributed by atoms with Gasteiger partial charge in [-0.15, -0.1) is 11.3 Å². The zero-order valence-corrected chi connectivity index (χ0v) is 13.1. The van der Waals surface area contributed by atoms with E-state index in [1.807, 2.05) is 29.6 Å². The van der Waals surface area contributed by atoms with Gasteiger partial charge in [-0.25, -0.2) is 4.98 Å². The highest BCUT2D eigenvalue weighted by atomic mass is 32.1. The third kappa shape index (κ3) is 2.84. The Hall–Kier alpha value is -3.19. The number of carbonyl (C=O) groups is 1. The molecule has 0 spiro atoms. The number of furan rings is 1. The van der Waals surface area contributed by atoms with Gasteiger partial charge in [-0.05, 0) is 36.4 Å². The lowest BCUT2D eigenvalue weighted by Crippen LogP contribution is -2.11. The molecule has 118 valence electrons. The highest BCUT2D eigenvalue weighted by Crippen LogP contribution is 2.24. The Labute approximate surface area is 140 Å². The highest BCUT2D eigenvalue weighted by molar-refractivity contribution is 7.13. The van der Waals surface area contributed by atoms with E-state index in [9.17, 15) is 4.79 Å². The van der Waals surface area contributed by atoms with Crippen molar-refractivity contribution in [2.24, 2.45) is 0 Å². The second-order valence-electron chi connectivity index (χ2n) is 4.92. The number of hydrogen-bond acceptors (Lipinski definition) is 6. The molecule has 1 amide bonds. The lowest BCUT2D eigenvalue weighted by molar-refractivity contribution is 0.101. The summed E-state index contributed by atoms with van der Waals surface area (Å²) < 4.78 is 10.3. The molecule has 0 radical (unpaired) electrons. The summed E-state index contributed by atoms with van der Waals surface area (Å²) in [6, 6.07) is 12.5. The van der Waals surface area contributed by atoms with Gasteiger partial charge in [0.05, 0.1) is 6.26 Å². The van der Waals surface area contributed by atoms with Crippen molar-refractivity contribution in [2.45, 2.75) is 0 Å². The third-order valence-electron chi connectivity index (χ3n) is 3.33. The maximum absolute atomic E-state index is 12.2. The first kappa shape index (κ1) is 14.4. The summed E-state index contributed by atoms with van der Waals surface area (Å²) >= 11 is 1.56. The van der Waals surface area contributed by atoms with Crippen molar-refractivity contribution in [3.63, 3.8) is 0 Å². The molecule has 0 aliphatic heterocycles. The first-order valence-corrected chi connectivity index (χ1v) is 7.99. The van der Waals surface area contributed by atoms with Gasteiger partial charge in [0.2, 0.25) is 5.76 Å². The van der Waals surface area contributed by atoms with Crippen molar-refractivity contribution in [1.82, 2.24) is 10.1 Å². The average molecular weight is 337 g/mol. The fraction of sp³-hybridized carbons (Fsp3) is 0. The third-order valence-corrected chi connectivity index (χ3v) is 4.15. The minimum atomic E-state index is -0.349. The number of aromatic nitrogens is 2. The summed E-state index contributed by atoms with van der Waals surface area (Å²) in [6.45, 7) is 0. The van der Waals surface area contributed by atoms with Crippen molar-refractivity contribution in [2.75, 3.05) is 5.32 Å². The number of amides is 1. The van der Waals surface area contributed by atoms with Crippen LogP contribution in [-0.2, 0) is 0 Å². The maximum atomic E-state index is 12.2. The first-order chi connectivity index (χ1) is 11.8. The number of benzene rings is 1. The molecule has 4 aromatic rings. The van der Waals surface area contributed by atoms with Gasteiger partial charge >= 0.3 is 0 Å². The number of anilines is 1. The summed E-state index contributed by atoms with van der Waals surface area (Å²) in [5, 5.41) is 9.41. The van der Waals surface area contributed by atoms with Crippen LogP contribution in [0, 0.1) is 0 Å². The highest BCUT2D eigenvalue weighted by Gasteiger charge is 2.15. The van der Waals surface area contributed by atoms with Crippen LogP contribution in [0.15, 0.2) is 69.2 Å². The predicted molar refractivity (Wildman–Crippen MR) is 89.7 cm³/mol. The van der Waals surface area contributed by atoms with E-state index in [1.54, 1.807) is 29.7 Å². The van der Waals surface area contributed by atoms with Crippen molar-refractivity contribution in [3.05, 3.63) is 66.0 Å². The quantitative estimate of drug-likeness (QED) is 0.600. The van der Waals surface area contributed by atoms with Gasteiger partial charge in [-0.1, -0.05) is 5.16 Å². The molecule has 1 aromatic carbocycles. The van der Waals surface area contributed by atoms with E-state index in [1.165, 1.54) is 12.3 Å². The largest absolute Gasteiger partial charge is 0.461 e. The van der Waals surface area contributed by atoms with Crippen molar-refractivity contribution >= 4 is 22.9 Å². The number of nitrogens with zero attached hydrogens (tertiary/aromatic N) is 2. The first-order valence-electron chi connectivity index (χ1n) is 7.11. The monoisotopic (exact) mass is 337 g/mol. The standard InChI is InChI=1S/C17H11N3O3S/c21-16(13-10-15(23-20-13)14-2-1-8-22-14)19-12-5-3-11(4-6-12)17-18-7-9-24-17/h1-10H,(H,19,21). The molecule has 0 aliphatic rings. The van der Waals surface area contributed by atoms with Crippen LogP contribution >= 0.6 is 11.3 Å². The van der Waals surface area contributed by atoms with Gasteiger partial charge in [0.15, 0.2) is 11.5 Å². The van der Waals surface area contributed by atoms with Crippen LogP contribution in [0.25, 0.3) is 22.1 Å². The van der Waals surface area contributed by atoms with Gasteiger partial charge in [-0.3, -0.25) is 4.79 Å². The Morgan fingerprint density at radius 1 is 1.12 bits per heavy atom. The Kier molecular flexibility index (Phi) is 3.68. The fourth-order valence-electron chi connectivity index (χ4n) is 2.17. The van der Waals surface area contributed by atoms with Crippen LogP contribution in [0.3, 0.4) is 0 Å². The van der Waals surface area contributed by atoms with E-state index in [-0.39, 0.29) is 11.6 Å². The van der Waals surface area contributed by atoms with Crippen molar-refractivity contribution in [1.29, 1.82) is 0 Å².